The van der Waals surface area contributed by atoms with Crippen LogP contribution in [0.2, 0.25) is 0 Å². The summed E-state index contributed by atoms with van der Waals surface area (Å²) in [4.78, 5) is 18.3. The van der Waals surface area contributed by atoms with Crippen LogP contribution in [0.25, 0.3) is 0 Å². The van der Waals surface area contributed by atoms with Crippen molar-refractivity contribution < 1.29 is 4.79 Å². The molecule has 0 radical (unpaired) electrons. The normalized spacial score (nSPS) is 33.7. The molecular formula is C14H19N3O. The maximum absolute atomic E-state index is 12.6. The van der Waals surface area contributed by atoms with E-state index in [1.54, 1.807) is 17.3 Å². The summed E-state index contributed by atoms with van der Waals surface area (Å²) in [5.41, 5.74) is 7.11. The van der Waals surface area contributed by atoms with E-state index in [-0.39, 0.29) is 17.9 Å². The first-order valence-corrected chi connectivity index (χ1v) is 6.61. The summed E-state index contributed by atoms with van der Waals surface area (Å²) < 4.78 is 0. The Hall–Kier alpha value is -1.42. The Morgan fingerprint density at radius 1 is 1.33 bits per heavy atom. The molecule has 2 aliphatic rings. The Morgan fingerprint density at radius 3 is 2.61 bits per heavy atom. The Balaban J connectivity index is 1.79. The highest BCUT2D eigenvalue weighted by atomic mass is 16.2. The first-order chi connectivity index (χ1) is 8.68. The van der Waals surface area contributed by atoms with Crippen LogP contribution < -0.4 is 10.6 Å². The van der Waals surface area contributed by atoms with Gasteiger partial charge in [-0.25, -0.2) is 0 Å². The maximum atomic E-state index is 12.6. The molecule has 0 aliphatic heterocycles. The van der Waals surface area contributed by atoms with E-state index in [4.69, 9.17) is 5.73 Å². The topological polar surface area (TPSA) is 59.2 Å². The number of pyridine rings is 1. The quantitative estimate of drug-likeness (QED) is 0.857. The van der Waals surface area contributed by atoms with Crippen LogP contribution in [0.15, 0.2) is 24.5 Å². The molecule has 4 heteroatoms. The molecular weight excluding hydrogens is 226 g/mol. The van der Waals surface area contributed by atoms with Crippen LogP contribution in [0.1, 0.15) is 19.3 Å². The molecule has 2 saturated carbocycles. The summed E-state index contributed by atoms with van der Waals surface area (Å²) in [6.45, 7) is 0. The van der Waals surface area contributed by atoms with E-state index < -0.39 is 0 Å². The summed E-state index contributed by atoms with van der Waals surface area (Å²) in [5, 5.41) is 0. The van der Waals surface area contributed by atoms with Gasteiger partial charge < -0.3 is 10.6 Å². The minimum absolute atomic E-state index is 0.0157. The molecule has 1 aromatic heterocycles. The number of hydrogen-bond acceptors (Lipinski definition) is 3. The molecule has 4 unspecified atom stereocenters. The first kappa shape index (κ1) is 11.7. The van der Waals surface area contributed by atoms with Crippen molar-refractivity contribution in [1.82, 2.24) is 4.98 Å². The van der Waals surface area contributed by atoms with Crippen LogP contribution >= 0.6 is 0 Å². The molecule has 0 spiro atoms. The van der Waals surface area contributed by atoms with Gasteiger partial charge in [-0.05, 0) is 43.2 Å². The van der Waals surface area contributed by atoms with E-state index in [0.717, 1.165) is 12.1 Å². The highest BCUT2D eigenvalue weighted by Gasteiger charge is 2.49. The molecule has 3 rings (SSSR count). The third-order valence-electron chi connectivity index (χ3n) is 4.65. The second-order valence-corrected chi connectivity index (χ2v) is 5.54. The Labute approximate surface area is 107 Å². The van der Waals surface area contributed by atoms with Crippen molar-refractivity contribution >= 4 is 11.6 Å². The zero-order valence-electron chi connectivity index (χ0n) is 10.6. The second-order valence-electron chi connectivity index (χ2n) is 5.54. The summed E-state index contributed by atoms with van der Waals surface area (Å²) in [7, 11) is 1.83. The third-order valence-corrected chi connectivity index (χ3v) is 4.65. The van der Waals surface area contributed by atoms with Crippen molar-refractivity contribution in [3.63, 3.8) is 0 Å². The molecule has 1 aromatic rings. The lowest BCUT2D eigenvalue weighted by Crippen LogP contribution is -2.46. The Bertz CT molecular complexity index is 446. The molecule has 0 saturated heterocycles. The molecule has 2 aliphatic carbocycles. The number of aromatic nitrogens is 1. The van der Waals surface area contributed by atoms with E-state index in [0.29, 0.717) is 11.8 Å². The van der Waals surface area contributed by atoms with Crippen LogP contribution in [0.3, 0.4) is 0 Å². The van der Waals surface area contributed by atoms with Crippen LogP contribution in [-0.2, 0) is 4.79 Å². The SMILES string of the molecule is CN(C(=O)C1C2CCC(C2)C1N)c1ccncc1. The number of carbonyl (C=O) groups is 1. The van der Waals surface area contributed by atoms with Crippen molar-refractivity contribution in [2.24, 2.45) is 23.5 Å². The minimum atomic E-state index is 0.0157. The Kier molecular flexibility index (Phi) is 2.82. The van der Waals surface area contributed by atoms with Crippen molar-refractivity contribution in [1.29, 1.82) is 0 Å². The number of nitrogens with zero attached hydrogens (tertiary/aromatic N) is 2. The molecule has 2 bridgehead atoms. The highest BCUT2D eigenvalue weighted by Crippen LogP contribution is 2.48. The molecule has 0 aromatic carbocycles. The van der Waals surface area contributed by atoms with Gasteiger partial charge in [0.05, 0.1) is 5.92 Å². The fourth-order valence-corrected chi connectivity index (χ4v) is 3.62. The zero-order chi connectivity index (χ0) is 12.7. The van der Waals surface area contributed by atoms with Gasteiger partial charge in [0.15, 0.2) is 0 Å². The fraction of sp³-hybridized carbons (Fsp3) is 0.571. The smallest absolute Gasteiger partial charge is 0.231 e. The average Bonchev–Trinajstić information content (AvgIpc) is 2.99. The lowest BCUT2D eigenvalue weighted by molar-refractivity contribution is -0.124. The monoisotopic (exact) mass is 245 g/mol. The van der Waals surface area contributed by atoms with E-state index in [1.807, 2.05) is 19.2 Å². The Morgan fingerprint density at radius 2 is 2.00 bits per heavy atom. The van der Waals surface area contributed by atoms with Crippen molar-refractivity contribution in [3.8, 4) is 0 Å². The molecule has 18 heavy (non-hydrogen) atoms. The van der Waals surface area contributed by atoms with Gasteiger partial charge in [0.1, 0.15) is 0 Å². The van der Waals surface area contributed by atoms with Gasteiger partial charge in [-0.2, -0.15) is 0 Å². The van der Waals surface area contributed by atoms with Crippen LogP contribution in [0.5, 0.6) is 0 Å². The number of nitrogens with two attached hydrogens (primary N) is 1. The molecule has 4 atom stereocenters. The number of fused-ring (bicyclic) bond motifs is 2. The van der Waals surface area contributed by atoms with Gasteiger partial charge in [0.25, 0.3) is 0 Å². The van der Waals surface area contributed by atoms with Crippen LogP contribution in [0.4, 0.5) is 5.69 Å². The largest absolute Gasteiger partial charge is 0.327 e. The standard InChI is InChI=1S/C14H19N3O/c1-17(11-4-6-16-7-5-11)14(18)12-9-2-3-10(8-9)13(12)15/h4-7,9-10,12-13H,2-3,8,15H2,1H3. The number of amides is 1. The predicted molar refractivity (Wildman–Crippen MR) is 69.9 cm³/mol. The van der Waals surface area contributed by atoms with Gasteiger partial charge in [-0.3, -0.25) is 9.78 Å². The lowest BCUT2D eigenvalue weighted by Gasteiger charge is -2.30. The van der Waals surface area contributed by atoms with E-state index >= 15 is 0 Å². The predicted octanol–water partition coefficient (Wildman–Crippen LogP) is 1.42. The third kappa shape index (κ3) is 1.72. The van der Waals surface area contributed by atoms with Gasteiger partial charge >= 0.3 is 0 Å². The summed E-state index contributed by atoms with van der Waals surface area (Å²) >= 11 is 0. The summed E-state index contributed by atoms with van der Waals surface area (Å²) in [6, 6.07) is 3.77. The first-order valence-electron chi connectivity index (χ1n) is 6.61. The number of carbonyl (C=O) groups excluding carboxylic acids is 1. The van der Waals surface area contributed by atoms with E-state index in [9.17, 15) is 4.79 Å². The molecule has 1 heterocycles. The van der Waals surface area contributed by atoms with E-state index in [2.05, 4.69) is 4.98 Å². The summed E-state index contributed by atoms with van der Waals surface area (Å²) in [5.74, 6) is 1.25. The van der Waals surface area contributed by atoms with Gasteiger partial charge in [0, 0.05) is 31.2 Å². The number of hydrogen-bond donors (Lipinski definition) is 1. The molecule has 96 valence electrons. The van der Waals surface area contributed by atoms with Crippen LogP contribution in [0, 0.1) is 17.8 Å². The van der Waals surface area contributed by atoms with Crippen molar-refractivity contribution in [2.75, 3.05) is 11.9 Å². The zero-order valence-corrected chi connectivity index (χ0v) is 10.6. The maximum Gasteiger partial charge on any atom is 0.231 e. The van der Waals surface area contributed by atoms with E-state index in [1.165, 1.54) is 12.8 Å². The lowest BCUT2D eigenvalue weighted by atomic mass is 9.84. The molecule has 2 fully saturated rings. The second kappa shape index (κ2) is 4.35. The summed E-state index contributed by atoms with van der Waals surface area (Å²) in [6.07, 6.45) is 6.93. The molecule has 2 N–H and O–H groups in total. The van der Waals surface area contributed by atoms with Gasteiger partial charge in [-0.1, -0.05) is 0 Å². The number of rotatable bonds is 2. The number of anilines is 1. The molecule has 4 nitrogen and oxygen atoms in total. The van der Waals surface area contributed by atoms with Gasteiger partial charge in [0.2, 0.25) is 5.91 Å². The minimum Gasteiger partial charge on any atom is -0.327 e. The highest BCUT2D eigenvalue weighted by molar-refractivity contribution is 5.95. The van der Waals surface area contributed by atoms with Crippen molar-refractivity contribution in [2.45, 2.75) is 25.3 Å². The van der Waals surface area contributed by atoms with Crippen molar-refractivity contribution in [3.05, 3.63) is 24.5 Å². The van der Waals surface area contributed by atoms with Crippen LogP contribution in [-0.4, -0.2) is 24.0 Å². The molecule has 1 amide bonds. The fourth-order valence-electron chi connectivity index (χ4n) is 3.62. The van der Waals surface area contributed by atoms with Gasteiger partial charge in [-0.15, -0.1) is 0 Å². The average molecular weight is 245 g/mol.